The van der Waals surface area contributed by atoms with Crippen molar-refractivity contribution < 1.29 is 9.13 Å². The Morgan fingerprint density at radius 2 is 2.00 bits per heavy atom. The van der Waals surface area contributed by atoms with E-state index in [1.807, 2.05) is 13.0 Å². The van der Waals surface area contributed by atoms with E-state index in [0.29, 0.717) is 22.8 Å². The van der Waals surface area contributed by atoms with Crippen LogP contribution in [0.3, 0.4) is 0 Å². The highest BCUT2D eigenvalue weighted by molar-refractivity contribution is 6.30. The van der Waals surface area contributed by atoms with Gasteiger partial charge in [0.05, 0.1) is 12.6 Å². The summed E-state index contributed by atoms with van der Waals surface area (Å²) >= 11 is 6.07. The van der Waals surface area contributed by atoms with Crippen LogP contribution in [0.4, 0.5) is 4.39 Å². The number of rotatable bonds is 4. The van der Waals surface area contributed by atoms with Crippen LogP contribution in [-0.4, -0.2) is 7.11 Å². The molecule has 0 aliphatic carbocycles. The molecule has 2 aromatic rings. The van der Waals surface area contributed by atoms with Crippen LogP contribution in [-0.2, 0) is 5.54 Å². The van der Waals surface area contributed by atoms with Crippen LogP contribution >= 0.6 is 11.6 Å². The molecule has 1 atom stereocenters. The molecule has 2 aromatic carbocycles. The van der Waals surface area contributed by atoms with Gasteiger partial charge in [-0.1, -0.05) is 30.7 Å². The first-order valence-electron chi connectivity index (χ1n) is 6.40. The molecule has 0 aliphatic rings. The Morgan fingerprint density at radius 3 is 2.60 bits per heavy atom. The summed E-state index contributed by atoms with van der Waals surface area (Å²) in [6, 6.07) is 11.6. The van der Waals surface area contributed by atoms with Gasteiger partial charge in [-0.25, -0.2) is 4.39 Å². The second-order valence-corrected chi connectivity index (χ2v) is 5.12. The first-order valence-corrected chi connectivity index (χ1v) is 6.78. The maximum atomic E-state index is 13.5. The maximum Gasteiger partial charge on any atom is 0.124 e. The molecule has 2 nitrogen and oxygen atoms in total. The average Bonchev–Trinajstić information content (AvgIpc) is 2.46. The van der Waals surface area contributed by atoms with Gasteiger partial charge in [0.15, 0.2) is 0 Å². The van der Waals surface area contributed by atoms with Crippen molar-refractivity contribution in [1.82, 2.24) is 0 Å². The van der Waals surface area contributed by atoms with Gasteiger partial charge in [0, 0.05) is 10.6 Å². The van der Waals surface area contributed by atoms with Crippen molar-refractivity contribution in [2.24, 2.45) is 5.73 Å². The Labute approximate surface area is 123 Å². The fraction of sp³-hybridized carbons (Fsp3) is 0.250. The Balaban J connectivity index is 2.64. The lowest BCUT2D eigenvalue weighted by molar-refractivity contribution is 0.391. The van der Waals surface area contributed by atoms with Crippen molar-refractivity contribution in [3.05, 3.63) is 64.4 Å². The van der Waals surface area contributed by atoms with Gasteiger partial charge in [-0.05, 0) is 42.3 Å². The van der Waals surface area contributed by atoms with Crippen molar-refractivity contribution in [1.29, 1.82) is 0 Å². The number of halogens is 2. The van der Waals surface area contributed by atoms with Crippen molar-refractivity contribution >= 4 is 11.6 Å². The van der Waals surface area contributed by atoms with Gasteiger partial charge >= 0.3 is 0 Å². The SMILES string of the molecule is CCC(N)(c1cccc(F)c1)c1cc(Cl)ccc1OC. The largest absolute Gasteiger partial charge is 0.496 e. The molecule has 20 heavy (non-hydrogen) atoms. The molecular weight excluding hydrogens is 277 g/mol. The molecule has 4 heteroatoms. The van der Waals surface area contributed by atoms with E-state index in [2.05, 4.69) is 0 Å². The van der Waals surface area contributed by atoms with Gasteiger partial charge in [0.1, 0.15) is 11.6 Å². The van der Waals surface area contributed by atoms with Crippen molar-refractivity contribution in [2.45, 2.75) is 18.9 Å². The van der Waals surface area contributed by atoms with Crippen molar-refractivity contribution in [3.63, 3.8) is 0 Å². The lowest BCUT2D eigenvalue weighted by atomic mass is 9.81. The van der Waals surface area contributed by atoms with Crippen LogP contribution < -0.4 is 10.5 Å². The minimum absolute atomic E-state index is 0.313. The Morgan fingerprint density at radius 1 is 1.25 bits per heavy atom. The van der Waals surface area contributed by atoms with Gasteiger partial charge in [0.2, 0.25) is 0 Å². The van der Waals surface area contributed by atoms with E-state index in [0.717, 1.165) is 5.56 Å². The normalized spacial score (nSPS) is 13.8. The summed E-state index contributed by atoms with van der Waals surface area (Å²) in [5.41, 5.74) is 7.15. The van der Waals surface area contributed by atoms with E-state index < -0.39 is 5.54 Å². The molecule has 2 rings (SSSR count). The van der Waals surface area contributed by atoms with Crippen molar-refractivity contribution in [3.8, 4) is 5.75 Å². The third kappa shape index (κ3) is 2.65. The zero-order chi connectivity index (χ0) is 14.8. The van der Waals surface area contributed by atoms with Gasteiger partial charge in [0.25, 0.3) is 0 Å². The van der Waals surface area contributed by atoms with Crippen LogP contribution in [0.1, 0.15) is 24.5 Å². The highest BCUT2D eigenvalue weighted by atomic mass is 35.5. The second-order valence-electron chi connectivity index (χ2n) is 4.68. The third-order valence-electron chi connectivity index (χ3n) is 3.54. The lowest BCUT2D eigenvalue weighted by Gasteiger charge is -2.31. The summed E-state index contributed by atoms with van der Waals surface area (Å²) in [6.07, 6.45) is 0.590. The molecule has 0 aliphatic heterocycles. The van der Waals surface area contributed by atoms with Gasteiger partial charge < -0.3 is 10.5 Å². The van der Waals surface area contributed by atoms with E-state index in [4.69, 9.17) is 22.1 Å². The molecule has 0 spiro atoms. The summed E-state index contributed by atoms with van der Waals surface area (Å²) in [5, 5.41) is 0.570. The third-order valence-corrected chi connectivity index (χ3v) is 3.77. The van der Waals surface area contributed by atoms with Gasteiger partial charge in [-0.2, -0.15) is 0 Å². The molecule has 0 bridgehead atoms. The second kappa shape index (κ2) is 5.81. The summed E-state index contributed by atoms with van der Waals surface area (Å²) in [6.45, 7) is 1.95. The topological polar surface area (TPSA) is 35.2 Å². The summed E-state index contributed by atoms with van der Waals surface area (Å²) in [5.74, 6) is 0.329. The number of ether oxygens (including phenoxy) is 1. The van der Waals surface area contributed by atoms with Crippen LogP contribution in [0.25, 0.3) is 0 Å². The Hall–Kier alpha value is -1.58. The quantitative estimate of drug-likeness (QED) is 0.921. The van der Waals surface area contributed by atoms with E-state index >= 15 is 0 Å². The number of hydrogen-bond donors (Lipinski definition) is 1. The average molecular weight is 294 g/mol. The summed E-state index contributed by atoms with van der Waals surface area (Å²) in [4.78, 5) is 0. The molecule has 0 aromatic heterocycles. The molecule has 106 valence electrons. The predicted octanol–water partition coefficient (Wildman–Crippen LogP) is 4.10. The van der Waals surface area contributed by atoms with Crippen molar-refractivity contribution in [2.75, 3.05) is 7.11 Å². The Kier molecular flexibility index (Phi) is 4.31. The Bertz CT molecular complexity index is 617. The van der Waals surface area contributed by atoms with E-state index in [1.54, 1.807) is 31.4 Å². The first kappa shape index (κ1) is 14.8. The van der Waals surface area contributed by atoms with Crippen LogP contribution in [0, 0.1) is 5.82 Å². The number of methoxy groups -OCH3 is 1. The van der Waals surface area contributed by atoms with Crippen LogP contribution in [0.15, 0.2) is 42.5 Å². The summed E-state index contributed by atoms with van der Waals surface area (Å²) < 4.78 is 18.9. The fourth-order valence-corrected chi connectivity index (χ4v) is 2.52. The monoisotopic (exact) mass is 293 g/mol. The molecule has 0 heterocycles. The number of hydrogen-bond acceptors (Lipinski definition) is 2. The zero-order valence-corrected chi connectivity index (χ0v) is 12.2. The standard InChI is InChI=1S/C16H17ClFNO/c1-3-16(19,11-5-4-6-13(18)9-11)14-10-12(17)7-8-15(14)20-2/h4-10H,3,19H2,1-2H3. The highest BCUT2D eigenvalue weighted by Crippen LogP contribution is 2.37. The molecule has 0 saturated carbocycles. The molecular formula is C16H17ClFNO. The van der Waals surface area contributed by atoms with Gasteiger partial charge in [-0.15, -0.1) is 0 Å². The smallest absolute Gasteiger partial charge is 0.124 e. The number of nitrogens with two attached hydrogens (primary N) is 1. The zero-order valence-electron chi connectivity index (χ0n) is 11.5. The molecule has 0 fully saturated rings. The molecule has 2 N–H and O–H groups in total. The molecule has 0 amide bonds. The minimum atomic E-state index is -0.849. The van der Waals surface area contributed by atoms with E-state index in [1.165, 1.54) is 12.1 Å². The van der Waals surface area contributed by atoms with E-state index in [-0.39, 0.29) is 5.82 Å². The molecule has 0 saturated heterocycles. The van der Waals surface area contributed by atoms with Gasteiger partial charge in [-0.3, -0.25) is 0 Å². The molecule has 1 unspecified atom stereocenters. The maximum absolute atomic E-state index is 13.5. The summed E-state index contributed by atoms with van der Waals surface area (Å²) in [7, 11) is 1.58. The van der Waals surface area contributed by atoms with E-state index in [9.17, 15) is 4.39 Å². The predicted molar refractivity (Wildman–Crippen MR) is 79.7 cm³/mol. The lowest BCUT2D eigenvalue weighted by Crippen LogP contribution is -2.37. The molecule has 0 radical (unpaired) electrons. The number of benzene rings is 2. The van der Waals surface area contributed by atoms with Crippen LogP contribution in [0.2, 0.25) is 5.02 Å². The first-order chi connectivity index (χ1) is 9.51. The highest BCUT2D eigenvalue weighted by Gasteiger charge is 2.31. The minimum Gasteiger partial charge on any atom is -0.496 e. The fourth-order valence-electron chi connectivity index (χ4n) is 2.34. The van der Waals surface area contributed by atoms with Crippen LogP contribution in [0.5, 0.6) is 5.75 Å².